The third-order valence-corrected chi connectivity index (χ3v) is 5.02. The Bertz CT molecular complexity index is 896. The molecule has 2 heterocycles. The monoisotopic (exact) mass is 399 g/mol. The van der Waals surface area contributed by atoms with E-state index in [1.165, 1.54) is 6.92 Å². The molecule has 0 aliphatic heterocycles. The van der Waals surface area contributed by atoms with E-state index in [1.54, 1.807) is 4.72 Å². The Labute approximate surface area is 142 Å². The van der Waals surface area contributed by atoms with Crippen LogP contribution in [0.15, 0.2) is 23.4 Å². The summed E-state index contributed by atoms with van der Waals surface area (Å²) < 4.78 is 82.4. The Morgan fingerprint density at radius 2 is 2.04 bits per heavy atom. The Hall–Kier alpha value is -2.28. The number of carbonyl (C=O) groups is 1. The lowest BCUT2D eigenvalue weighted by Gasteiger charge is -2.05. The summed E-state index contributed by atoms with van der Waals surface area (Å²) in [6.45, 7) is 1.20. The van der Waals surface area contributed by atoms with Crippen LogP contribution in [-0.2, 0) is 20.9 Å². The molecule has 0 saturated carbocycles. The number of thiazole rings is 1. The molecule has 13 heteroatoms. The minimum atomic E-state index is -4.94. The number of sulfonamides is 1. The van der Waals surface area contributed by atoms with Crippen molar-refractivity contribution in [1.82, 2.24) is 9.97 Å². The largest absolute Gasteiger partial charge is 0.461 e. The molecular formula is C12H9F4N3O4S2. The normalized spacial score (nSPS) is 12.0. The number of aromatic nitrogens is 2. The molecule has 0 fully saturated rings. The number of hydrogen-bond acceptors (Lipinski definition) is 7. The van der Waals surface area contributed by atoms with E-state index in [2.05, 4.69) is 14.7 Å². The number of esters is 1. The summed E-state index contributed by atoms with van der Waals surface area (Å²) in [6, 6.07) is 0.625. The number of halogens is 4. The number of anilines is 1. The molecule has 0 amide bonds. The molecule has 0 radical (unpaired) electrons. The summed E-state index contributed by atoms with van der Waals surface area (Å²) in [7, 11) is -4.45. The first-order chi connectivity index (χ1) is 11.5. The van der Waals surface area contributed by atoms with Crippen molar-refractivity contribution >= 4 is 32.5 Å². The van der Waals surface area contributed by atoms with Crippen LogP contribution in [0.5, 0.6) is 0 Å². The number of alkyl halides is 3. The van der Waals surface area contributed by atoms with E-state index in [4.69, 9.17) is 0 Å². The van der Waals surface area contributed by atoms with Gasteiger partial charge in [-0.15, -0.1) is 0 Å². The van der Waals surface area contributed by atoms with E-state index >= 15 is 0 Å². The van der Waals surface area contributed by atoms with Crippen molar-refractivity contribution in [3.05, 3.63) is 34.8 Å². The van der Waals surface area contributed by atoms with Gasteiger partial charge in [0.25, 0.3) is 10.0 Å². The van der Waals surface area contributed by atoms with Gasteiger partial charge in [-0.05, 0) is 13.0 Å². The van der Waals surface area contributed by atoms with Gasteiger partial charge in [-0.3, -0.25) is 9.71 Å². The van der Waals surface area contributed by atoms with Gasteiger partial charge in [-0.25, -0.2) is 22.6 Å². The highest BCUT2D eigenvalue weighted by Crippen LogP contribution is 2.39. The molecule has 2 aromatic heterocycles. The SMILES string of the molecule is CCOC(=O)c1nc(NS(=O)(=O)c2cncc(F)c2)sc1C(F)(F)F. The van der Waals surface area contributed by atoms with Crippen LogP contribution in [0.2, 0.25) is 0 Å². The summed E-state index contributed by atoms with van der Waals surface area (Å²) in [5.74, 6) is -2.30. The molecule has 136 valence electrons. The standard InChI is InChI=1S/C12H9F4N3O4S2/c1-2-23-10(20)8-9(12(14,15)16)24-11(18-8)19-25(21,22)7-3-6(13)4-17-5-7/h3-5H,2H2,1H3,(H,18,19). The molecule has 7 nitrogen and oxygen atoms in total. The first kappa shape index (κ1) is 19.1. The number of nitrogens with zero attached hydrogens (tertiary/aromatic N) is 2. The summed E-state index contributed by atoms with van der Waals surface area (Å²) in [6.07, 6.45) is -3.39. The van der Waals surface area contributed by atoms with Crippen LogP contribution < -0.4 is 4.72 Å². The fourth-order valence-electron chi connectivity index (χ4n) is 1.61. The Morgan fingerprint density at radius 1 is 1.36 bits per heavy atom. The maximum Gasteiger partial charge on any atom is 0.428 e. The number of rotatable bonds is 5. The minimum Gasteiger partial charge on any atom is -0.461 e. The van der Waals surface area contributed by atoms with Crippen LogP contribution in [-0.4, -0.2) is 31.0 Å². The average Bonchev–Trinajstić information content (AvgIpc) is 2.91. The zero-order chi connectivity index (χ0) is 18.8. The van der Waals surface area contributed by atoms with Gasteiger partial charge in [0.2, 0.25) is 0 Å². The molecular weight excluding hydrogens is 390 g/mol. The van der Waals surface area contributed by atoms with Crippen LogP contribution in [0, 0.1) is 5.82 Å². The molecule has 1 N–H and O–H groups in total. The number of carbonyl (C=O) groups excluding carboxylic acids is 1. The zero-order valence-corrected chi connectivity index (χ0v) is 13.9. The second-order valence-electron chi connectivity index (χ2n) is 4.36. The number of ether oxygens (including phenoxy) is 1. The average molecular weight is 399 g/mol. The third kappa shape index (κ3) is 4.42. The van der Waals surface area contributed by atoms with E-state index in [0.717, 1.165) is 12.4 Å². The van der Waals surface area contributed by atoms with E-state index in [0.29, 0.717) is 6.07 Å². The number of pyridine rings is 1. The van der Waals surface area contributed by atoms with Crippen molar-refractivity contribution in [2.75, 3.05) is 11.3 Å². The summed E-state index contributed by atoms with van der Waals surface area (Å²) in [5.41, 5.74) is -1.06. The van der Waals surface area contributed by atoms with E-state index in [9.17, 15) is 30.8 Å². The van der Waals surface area contributed by atoms with Gasteiger partial charge in [0.1, 0.15) is 15.6 Å². The van der Waals surface area contributed by atoms with Gasteiger partial charge in [-0.2, -0.15) is 13.2 Å². The molecule has 25 heavy (non-hydrogen) atoms. The summed E-state index contributed by atoms with van der Waals surface area (Å²) in [5, 5.41) is -0.723. The van der Waals surface area contributed by atoms with E-state index < -0.39 is 48.6 Å². The van der Waals surface area contributed by atoms with Crippen LogP contribution in [0.25, 0.3) is 0 Å². The summed E-state index contributed by atoms with van der Waals surface area (Å²) in [4.78, 5) is 16.2. The fraction of sp³-hybridized carbons (Fsp3) is 0.250. The zero-order valence-electron chi connectivity index (χ0n) is 12.3. The molecule has 0 spiro atoms. The van der Waals surface area contributed by atoms with Crippen molar-refractivity contribution in [2.45, 2.75) is 18.0 Å². The van der Waals surface area contributed by atoms with Crippen LogP contribution in [0.1, 0.15) is 22.3 Å². The van der Waals surface area contributed by atoms with Crippen LogP contribution in [0.4, 0.5) is 22.7 Å². The lowest BCUT2D eigenvalue weighted by molar-refractivity contribution is -0.135. The predicted octanol–water partition coefficient (Wildman–Crippen LogP) is 2.67. The second-order valence-corrected chi connectivity index (χ2v) is 7.04. The Balaban J connectivity index is 2.42. The minimum absolute atomic E-state index is 0.0950. The van der Waals surface area contributed by atoms with Gasteiger partial charge in [-0.1, -0.05) is 11.3 Å². The number of hydrogen-bond donors (Lipinski definition) is 1. The van der Waals surface area contributed by atoms with E-state index in [1.807, 2.05) is 0 Å². The van der Waals surface area contributed by atoms with E-state index in [-0.39, 0.29) is 17.9 Å². The second kappa shape index (κ2) is 6.92. The lowest BCUT2D eigenvalue weighted by Crippen LogP contribution is -2.14. The molecule has 0 unspecified atom stereocenters. The van der Waals surface area contributed by atoms with Crippen LogP contribution >= 0.6 is 11.3 Å². The highest BCUT2D eigenvalue weighted by Gasteiger charge is 2.40. The molecule has 0 aromatic carbocycles. The molecule has 0 atom stereocenters. The summed E-state index contributed by atoms with van der Waals surface area (Å²) >= 11 is -0.0950. The molecule has 0 bridgehead atoms. The van der Waals surface area contributed by atoms with Gasteiger partial charge in [0.15, 0.2) is 10.8 Å². The van der Waals surface area contributed by atoms with Gasteiger partial charge >= 0.3 is 12.1 Å². The molecule has 0 aliphatic carbocycles. The molecule has 0 saturated heterocycles. The molecule has 2 rings (SSSR count). The van der Waals surface area contributed by atoms with Crippen molar-refractivity contribution in [3.8, 4) is 0 Å². The van der Waals surface area contributed by atoms with Crippen molar-refractivity contribution < 1.29 is 35.5 Å². The van der Waals surface area contributed by atoms with Gasteiger partial charge in [0.05, 0.1) is 12.8 Å². The fourth-order valence-corrected chi connectivity index (χ4v) is 3.64. The van der Waals surface area contributed by atoms with Crippen molar-refractivity contribution in [1.29, 1.82) is 0 Å². The Morgan fingerprint density at radius 3 is 2.60 bits per heavy atom. The highest BCUT2D eigenvalue weighted by molar-refractivity contribution is 7.93. The quantitative estimate of drug-likeness (QED) is 0.613. The lowest BCUT2D eigenvalue weighted by atomic mass is 10.3. The van der Waals surface area contributed by atoms with Crippen LogP contribution in [0.3, 0.4) is 0 Å². The van der Waals surface area contributed by atoms with Crippen molar-refractivity contribution in [2.24, 2.45) is 0 Å². The maximum atomic E-state index is 13.1. The third-order valence-electron chi connectivity index (χ3n) is 2.57. The maximum absolute atomic E-state index is 13.1. The molecule has 0 aliphatic rings. The predicted molar refractivity (Wildman–Crippen MR) is 78.1 cm³/mol. The number of nitrogens with one attached hydrogen (secondary N) is 1. The molecule has 2 aromatic rings. The first-order valence-electron chi connectivity index (χ1n) is 6.43. The highest BCUT2D eigenvalue weighted by atomic mass is 32.2. The van der Waals surface area contributed by atoms with Crippen molar-refractivity contribution in [3.63, 3.8) is 0 Å². The first-order valence-corrected chi connectivity index (χ1v) is 8.73. The Kier molecular flexibility index (Phi) is 5.27. The smallest absolute Gasteiger partial charge is 0.428 e. The van der Waals surface area contributed by atoms with Gasteiger partial charge in [0, 0.05) is 6.20 Å². The topological polar surface area (TPSA) is 98.2 Å². The van der Waals surface area contributed by atoms with Gasteiger partial charge < -0.3 is 4.74 Å².